The zero-order chi connectivity index (χ0) is 45.1. The number of hydroxylamine groups is 4. The van der Waals surface area contributed by atoms with Gasteiger partial charge in [-0.3, -0.25) is 38.7 Å². The Labute approximate surface area is 385 Å². The van der Waals surface area contributed by atoms with Crippen LogP contribution in [0, 0.1) is 0 Å². The van der Waals surface area contributed by atoms with Crippen LogP contribution in [0.2, 0.25) is 0 Å². The number of imide groups is 2. The molecule has 13 nitrogen and oxygen atoms in total. The third-order valence-corrected chi connectivity index (χ3v) is 11.9. The van der Waals surface area contributed by atoms with Crippen LogP contribution in [0.15, 0.2) is 168 Å². The van der Waals surface area contributed by atoms with Crippen molar-refractivity contribution < 1.29 is 28.9 Å². The van der Waals surface area contributed by atoms with Crippen molar-refractivity contribution in [3.8, 4) is 0 Å². The molecule has 0 saturated carbocycles. The molecule has 0 bridgehead atoms. The lowest BCUT2D eigenvalue weighted by molar-refractivity contribution is -0.109. The van der Waals surface area contributed by atoms with Crippen molar-refractivity contribution in [3.63, 3.8) is 0 Å². The molecule has 328 valence electrons. The van der Waals surface area contributed by atoms with E-state index >= 15 is 0 Å². The van der Waals surface area contributed by atoms with Gasteiger partial charge in [-0.25, -0.2) is 20.1 Å². The fourth-order valence-electron chi connectivity index (χ4n) is 7.18. The maximum Gasteiger partial charge on any atom is 0.261 e. The number of amides is 4. The van der Waals surface area contributed by atoms with Crippen molar-refractivity contribution in [2.45, 2.75) is 13.2 Å². The molecule has 2 aliphatic rings. The number of carbonyl (C=O) groups is 4. The highest BCUT2D eigenvalue weighted by atomic mass is 32.2. The van der Waals surface area contributed by atoms with Crippen LogP contribution in [-0.2, 0) is 22.9 Å². The van der Waals surface area contributed by atoms with Crippen molar-refractivity contribution in [3.05, 3.63) is 191 Å². The second-order valence-corrected chi connectivity index (χ2v) is 16.3. The van der Waals surface area contributed by atoms with Gasteiger partial charge in [-0.15, -0.1) is 0 Å². The summed E-state index contributed by atoms with van der Waals surface area (Å²) in [5.41, 5.74) is 6.59. The molecule has 2 aliphatic heterocycles. The zero-order valence-electron chi connectivity index (χ0n) is 35.7. The molecule has 0 radical (unpaired) electrons. The van der Waals surface area contributed by atoms with E-state index in [1.54, 1.807) is 58.7 Å². The minimum atomic E-state index is -0.322. The fourth-order valence-corrected chi connectivity index (χ4v) is 8.27. The van der Waals surface area contributed by atoms with Gasteiger partial charge in [0.1, 0.15) is 0 Å². The van der Waals surface area contributed by atoms with Gasteiger partial charge in [0, 0.05) is 24.5 Å². The summed E-state index contributed by atoms with van der Waals surface area (Å²) in [6.45, 7) is 1.20. The van der Waals surface area contributed by atoms with Crippen LogP contribution < -0.4 is 5.32 Å². The quantitative estimate of drug-likeness (QED) is 0.0431. The average molecular weight is 904 g/mol. The molecule has 6 aromatic rings. The Balaban J connectivity index is 0.930. The number of carbonyl (C=O) groups excluding carboxylic acids is 4. The maximum atomic E-state index is 13.1. The topological polar surface area (TPSA) is 136 Å². The van der Waals surface area contributed by atoms with Crippen LogP contribution in [0.5, 0.6) is 0 Å². The number of hydrogen-bond acceptors (Lipinski definition) is 11. The third kappa shape index (κ3) is 10.7. The highest BCUT2D eigenvalue weighted by Gasteiger charge is 2.36. The molecule has 0 atom stereocenters. The van der Waals surface area contributed by atoms with Crippen molar-refractivity contribution in [2.24, 2.45) is 9.98 Å². The van der Waals surface area contributed by atoms with E-state index in [0.29, 0.717) is 44.0 Å². The SMILES string of the molecule is CSC(=Nc1ccc(Nc2ccc(N=C(SC)N(CCN3C(=O)c4ccccc4C3=O)OCc3ccccc3)cc2)cc1)N(CCN1C(=O)c2ccccc2C1=O)OCc1ccccc1. The number of anilines is 2. The van der Waals surface area contributed by atoms with Crippen molar-refractivity contribution in [1.82, 2.24) is 19.9 Å². The number of fused-ring (bicyclic) bond motifs is 2. The van der Waals surface area contributed by atoms with Gasteiger partial charge in [-0.2, -0.15) is 0 Å². The molecule has 0 saturated heterocycles. The van der Waals surface area contributed by atoms with Crippen LogP contribution in [0.3, 0.4) is 0 Å². The van der Waals surface area contributed by atoms with Gasteiger partial charge in [0.25, 0.3) is 23.6 Å². The number of hydrogen-bond donors (Lipinski definition) is 1. The minimum absolute atomic E-state index is 0.116. The van der Waals surface area contributed by atoms with Gasteiger partial charge in [-0.05, 0) is 96.4 Å². The summed E-state index contributed by atoms with van der Waals surface area (Å²) in [5.74, 6) is -1.29. The second-order valence-electron chi connectivity index (χ2n) is 14.8. The molecule has 6 aromatic carbocycles. The Morgan fingerprint density at radius 1 is 0.477 bits per heavy atom. The Kier molecular flexibility index (Phi) is 14.5. The molecule has 8 rings (SSSR count). The van der Waals surface area contributed by atoms with Gasteiger partial charge in [0.15, 0.2) is 10.3 Å². The van der Waals surface area contributed by atoms with Crippen LogP contribution in [0.4, 0.5) is 22.7 Å². The second kappa shape index (κ2) is 21.1. The summed E-state index contributed by atoms with van der Waals surface area (Å²) in [5, 5.41) is 7.84. The largest absolute Gasteiger partial charge is 0.356 e. The van der Waals surface area contributed by atoms with Gasteiger partial charge in [-0.1, -0.05) is 108 Å². The highest BCUT2D eigenvalue weighted by molar-refractivity contribution is 8.13. The number of amidine groups is 2. The highest BCUT2D eigenvalue weighted by Crippen LogP contribution is 2.28. The van der Waals surface area contributed by atoms with E-state index in [0.717, 1.165) is 22.5 Å². The van der Waals surface area contributed by atoms with E-state index in [1.807, 2.05) is 122 Å². The Hall–Kier alpha value is -7.04. The molecular formula is C50H45N7O6S2. The lowest BCUT2D eigenvalue weighted by Crippen LogP contribution is -2.40. The number of thioether (sulfide) groups is 2. The lowest BCUT2D eigenvalue weighted by Gasteiger charge is -2.26. The third-order valence-electron chi connectivity index (χ3n) is 10.5. The minimum Gasteiger partial charge on any atom is -0.356 e. The summed E-state index contributed by atoms with van der Waals surface area (Å²) in [4.78, 5) is 77.4. The summed E-state index contributed by atoms with van der Waals surface area (Å²) in [6.07, 6.45) is 3.80. The van der Waals surface area contributed by atoms with Gasteiger partial charge < -0.3 is 5.32 Å². The molecule has 15 heteroatoms. The Morgan fingerprint density at radius 2 is 0.800 bits per heavy atom. The first-order valence-corrected chi connectivity index (χ1v) is 23.3. The Bertz CT molecular complexity index is 2460. The van der Waals surface area contributed by atoms with Gasteiger partial charge in [0.05, 0.1) is 59.9 Å². The molecule has 0 unspecified atom stereocenters. The molecule has 1 N–H and O–H groups in total. The predicted molar refractivity (Wildman–Crippen MR) is 257 cm³/mol. The van der Waals surface area contributed by atoms with Crippen LogP contribution in [-0.4, -0.2) is 92.6 Å². The van der Waals surface area contributed by atoms with E-state index < -0.39 is 0 Å². The standard InChI is InChI=1S/C50H45N7O6S2/c1-64-49(56(62-33-35-13-5-3-6-14-35)31-29-54-45(58)41-17-9-10-18-42(41)46(54)59)52-39-25-21-37(22-26-39)51-38-23-27-40(28-24-38)53-50(65-2)57(63-34-36-15-7-4-8-16-36)32-30-55-47(60)43-19-11-12-20-44(43)48(55)61/h3-28,51H,29-34H2,1-2H3. The van der Waals surface area contributed by atoms with E-state index in [9.17, 15) is 19.2 Å². The van der Waals surface area contributed by atoms with Crippen molar-refractivity contribution >= 4 is 80.2 Å². The van der Waals surface area contributed by atoms with Gasteiger partial charge in [0.2, 0.25) is 0 Å². The van der Waals surface area contributed by atoms with Crippen LogP contribution in [0.1, 0.15) is 52.6 Å². The zero-order valence-corrected chi connectivity index (χ0v) is 37.3. The first-order chi connectivity index (χ1) is 31.8. The normalized spacial score (nSPS) is 13.6. The molecular weight excluding hydrogens is 859 g/mol. The monoisotopic (exact) mass is 903 g/mol. The summed E-state index contributed by atoms with van der Waals surface area (Å²) >= 11 is 2.79. The van der Waals surface area contributed by atoms with E-state index in [2.05, 4.69) is 5.32 Å². The lowest BCUT2D eigenvalue weighted by atomic mass is 10.1. The molecule has 0 fully saturated rings. The summed E-state index contributed by atoms with van der Waals surface area (Å²) in [7, 11) is 0. The van der Waals surface area contributed by atoms with E-state index in [1.165, 1.54) is 33.3 Å². The first-order valence-electron chi connectivity index (χ1n) is 20.8. The number of nitrogens with zero attached hydrogens (tertiary/aromatic N) is 6. The smallest absolute Gasteiger partial charge is 0.261 e. The maximum absolute atomic E-state index is 13.1. The van der Waals surface area contributed by atoms with Gasteiger partial charge >= 0.3 is 0 Å². The van der Waals surface area contributed by atoms with E-state index in [4.69, 9.17) is 19.7 Å². The molecule has 65 heavy (non-hydrogen) atoms. The van der Waals surface area contributed by atoms with E-state index in [-0.39, 0.29) is 63.0 Å². The molecule has 0 spiro atoms. The molecule has 2 heterocycles. The number of benzene rings is 6. The Morgan fingerprint density at radius 3 is 1.12 bits per heavy atom. The number of nitrogens with one attached hydrogen (secondary N) is 1. The van der Waals surface area contributed by atoms with Crippen molar-refractivity contribution in [2.75, 3.05) is 44.0 Å². The summed E-state index contributed by atoms with van der Waals surface area (Å²) in [6, 6.07) is 48.5. The molecule has 0 aliphatic carbocycles. The first kappa shape index (κ1) is 44.6. The van der Waals surface area contributed by atoms with Crippen LogP contribution in [0.25, 0.3) is 0 Å². The number of aliphatic imine (C=N–C) groups is 2. The number of rotatable bonds is 16. The predicted octanol–water partition coefficient (Wildman–Crippen LogP) is 9.59. The van der Waals surface area contributed by atoms with Crippen LogP contribution >= 0.6 is 23.5 Å². The average Bonchev–Trinajstić information content (AvgIpc) is 3.74. The molecule has 0 aromatic heterocycles. The summed E-state index contributed by atoms with van der Waals surface area (Å²) < 4.78 is 0. The fraction of sp³-hybridized carbons (Fsp3) is 0.160. The van der Waals surface area contributed by atoms with Crippen molar-refractivity contribution in [1.29, 1.82) is 0 Å². The molecule has 4 amide bonds.